The first-order valence-electron chi connectivity index (χ1n) is 9.24. The van der Waals surface area contributed by atoms with E-state index in [4.69, 9.17) is 11.6 Å². The van der Waals surface area contributed by atoms with E-state index in [1.54, 1.807) is 55.5 Å². The first-order valence-corrected chi connectivity index (χ1v) is 11.1. The fourth-order valence-corrected chi connectivity index (χ4v) is 5.35. The predicted octanol–water partition coefficient (Wildman–Crippen LogP) is 4.53. The summed E-state index contributed by atoms with van der Waals surface area (Å²) in [6.07, 6.45) is 0. The highest BCUT2D eigenvalue weighted by atomic mass is 35.5. The second-order valence-electron chi connectivity index (χ2n) is 7.01. The lowest BCUT2D eigenvalue weighted by molar-refractivity contribution is -0.120. The number of halogens is 2. The maximum absolute atomic E-state index is 13.3. The van der Waals surface area contributed by atoms with Crippen molar-refractivity contribution in [3.8, 4) is 11.1 Å². The zero-order chi connectivity index (χ0) is 21.5. The van der Waals surface area contributed by atoms with Crippen molar-refractivity contribution in [3.63, 3.8) is 0 Å². The molecule has 0 spiro atoms. The van der Waals surface area contributed by atoms with Crippen LogP contribution < -0.4 is 9.62 Å². The van der Waals surface area contributed by atoms with Crippen molar-refractivity contribution in [1.29, 1.82) is 0 Å². The summed E-state index contributed by atoms with van der Waals surface area (Å²) in [5, 5.41) is 3.24. The summed E-state index contributed by atoms with van der Waals surface area (Å²) in [5.41, 5.74) is 2.30. The van der Waals surface area contributed by atoms with Crippen molar-refractivity contribution in [2.24, 2.45) is 0 Å². The number of hydrogen-bond acceptors (Lipinski definition) is 3. The van der Waals surface area contributed by atoms with Crippen LogP contribution in [0.4, 0.5) is 10.1 Å². The van der Waals surface area contributed by atoms with Gasteiger partial charge in [-0.15, -0.1) is 0 Å². The number of sulfonamides is 1. The van der Waals surface area contributed by atoms with Crippen LogP contribution in [0, 0.1) is 5.82 Å². The summed E-state index contributed by atoms with van der Waals surface area (Å²) in [7, 11) is -3.93. The molecular formula is C22H18ClFN2O3S. The summed E-state index contributed by atoms with van der Waals surface area (Å²) >= 11 is 6.14. The van der Waals surface area contributed by atoms with Crippen molar-refractivity contribution < 1.29 is 17.6 Å². The van der Waals surface area contributed by atoms with Gasteiger partial charge in [-0.1, -0.05) is 41.9 Å². The smallest absolute Gasteiger partial charge is 0.265 e. The molecule has 5 nitrogen and oxygen atoms in total. The molecule has 1 atom stereocenters. The van der Waals surface area contributed by atoms with Gasteiger partial charge in [-0.3, -0.25) is 9.10 Å². The molecule has 30 heavy (non-hydrogen) atoms. The lowest BCUT2D eigenvalue weighted by Gasteiger charge is -2.32. The van der Waals surface area contributed by atoms with Gasteiger partial charge in [-0.05, 0) is 48.9 Å². The molecule has 0 aliphatic carbocycles. The second kappa shape index (κ2) is 7.74. The van der Waals surface area contributed by atoms with E-state index in [-0.39, 0.29) is 10.7 Å². The highest BCUT2D eigenvalue weighted by Crippen LogP contribution is 2.43. The Morgan fingerprint density at radius 3 is 2.50 bits per heavy atom. The van der Waals surface area contributed by atoms with E-state index in [1.807, 2.05) is 0 Å². The highest BCUT2D eigenvalue weighted by Gasteiger charge is 2.36. The minimum atomic E-state index is -3.93. The van der Waals surface area contributed by atoms with Crippen LogP contribution in [0.2, 0.25) is 5.02 Å². The summed E-state index contributed by atoms with van der Waals surface area (Å²) in [5.74, 6) is -0.846. The quantitative estimate of drug-likeness (QED) is 0.642. The molecule has 1 aliphatic rings. The summed E-state index contributed by atoms with van der Waals surface area (Å²) in [6, 6.07) is 16.9. The van der Waals surface area contributed by atoms with Crippen molar-refractivity contribution in [2.45, 2.75) is 17.9 Å². The molecule has 154 valence electrons. The van der Waals surface area contributed by atoms with E-state index in [9.17, 15) is 17.6 Å². The topological polar surface area (TPSA) is 66.5 Å². The normalized spacial score (nSPS) is 15.1. The van der Waals surface area contributed by atoms with Crippen LogP contribution in [0.5, 0.6) is 0 Å². The van der Waals surface area contributed by atoms with Gasteiger partial charge >= 0.3 is 0 Å². The highest BCUT2D eigenvalue weighted by molar-refractivity contribution is 7.93. The van der Waals surface area contributed by atoms with Gasteiger partial charge in [-0.25, -0.2) is 12.8 Å². The zero-order valence-corrected chi connectivity index (χ0v) is 17.5. The van der Waals surface area contributed by atoms with Crippen molar-refractivity contribution in [1.82, 2.24) is 5.32 Å². The van der Waals surface area contributed by atoms with Crippen LogP contribution in [0.3, 0.4) is 0 Å². The van der Waals surface area contributed by atoms with E-state index < -0.39 is 28.5 Å². The maximum Gasteiger partial charge on any atom is 0.265 e. The lowest BCUT2D eigenvalue weighted by atomic mass is 10.0. The number of fused-ring (bicyclic) bond motifs is 3. The van der Waals surface area contributed by atoms with Gasteiger partial charge in [0.1, 0.15) is 12.4 Å². The number of hydrogen-bond donors (Lipinski definition) is 1. The van der Waals surface area contributed by atoms with Gasteiger partial charge in [0.15, 0.2) is 0 Å². The molecule has 0 bridgehead atoms. The lowest BCUT2D eigenvalue weighted by Crippen LogP contribution is -2.43. The predicted molar refractivity (Wildman–Crippen MR) is 114 cm³/mol. The number of rotatable bonds is 4. The van der Waals surface area contributed by atoms with Gasteiger partial charge < -0.3 is 5.32 Å². The summed E-state index contributed by atoms with van der Waals surface area (Å²) < 4.78 is 40.7. The molecule has 8 heteroatoms. The van der Waals surface area contributed by atoms with Gasteiger partial charge in [0.25, 0.3) is 10.0 Å². The average Bonchev–Trinajstić information content (AvgIpc) is 2.72. The number of amides is 1. The Balaban J connectivity index is 1.65. The molecule has 1 amide bonds. The van der Waals surface area contributed by atoms with Crippen molar-refractivity contribution in [2.75, 3.05) is 10.8 Å². The fraction of sp³-hybridized carbons (Fsp3) is 0.136. The SMILES string of the molecule is CC(NC(=O)CN1c2ccc(Cl)cc2-c2ccccc2S1(=O)=O)c1ccc(F)cc1. The van der Waals surface area contributed by atoms with Crippen LogP contribution >= 0.6 is 11.6 Å². The van der Waals surface area contributed by atoms with E-state index in [0.29, 0.717) is 27.4 Å². The molecule has 3 aromatic rings. The van der Waals surface area contributed by atoms with Gasteiger partial charge in [0, 0.05) is 16.1 Å². The minimum Gasteiger partial charge on any atom is -0.348 e. The molecule has 1 heterocycles. The standard InChI is InChI=1S/C22H18ClFN2O3S/c1-14(15-6-9-17(24)10-7-15)25-22(27)13-26-20-11-8-16(23)12-19(20)18-4-2-3-5-21(18)30(26,28)29/h2-12,14H,13H2,1H3,(H,25,27). The third kappa shape index (κ3) is 3.66. The van der Waals surface area contributed by atoms with Gasteiger partial charge in [0.05, 0.1) is 16.6 Å². The molecule has 1 aliphatic heterocycles. The number of anilines is 1. The Hall–Kier alpha value is -2.90. The Labute approximate surface area is 179 Å². The molecule has 3 aromatic carbocycles. The number of nitrogens with one attached hydrogen (secondary N) is 1. The summed E-state index contributed by atoms with van der Waals surface area (Å²) in [4.78, 5) is 12.8. The maximum atomic E-state index is 13.3. The van der Waals surface area contributed by atoms with Crippen LogP contribution in [0.15, 0.2) is 71.6 Å². The van der Waals surface area contributed by atoms with E-state index >= 15 is 0 Å². The molecule has 0 radical (unpaired) electrons. The third-order valence-corrected chi connectivity index (χ3v) is 7.06. The largest absolute Gasteiger partial charge is 0.348 e. The van der Waals surface area contributed by atoms with Crippen LogP contribution in [-0.4, -0.2) is 20.9 Å². The molecule has 1 unspecified atom stereocenters. The minimum absolute atomic E-state index is 0.124. The Bertz CT molecular complexity index is 1230. The van der Waals surface area contributed by atoms with Crippen LogP contribution in [-0.2, 0) is 14.8 Å². The molecule has 0 aromatic heterocycles. The Morgan fingerprint density at radius 1 is 1.07 bits per heavy atom. The molecule has 0 saturated heterocycles. The van der Waals surface area contributed by atoms with E-state index in [1.165, 1.54) is 18.2 Å². The number of carbonyl (C=O) groups is 1. The van der Waals surface area contributed by atoms with Crippen LogP contribution in [0.25, 0.3) is 11.1 Å². The summed E-state index contributed by atoms with van der Waals surface area (Å²) in [6.45, 7) is 1.36. The van der Waals surface area contributed by atoms with E-state index in [2.05, 4.69) is 5.32 Å². The van der Waals surface area contributed by atoms with E-state index in [0.717, 1.165) is 4.31 Å². The molecule has 0 saturated carbocycles. The van der Waals surface area contributed by atoms with Crippen molar-refractivity contribution in [3.05, 3.63) is 83.1 Å². The molecule has 0 fully saturated rings. The van der Waals surface area contributed by atoms with Crippen molar-refractivity contribution >= 4 is 33.2 Å². The molecule has 4 rings (SSSR count). The molecular weight excluding hydrogens is 427 g/mol. The number of nitrogens with zero attached hydrogens (tertiary/aromatic N) is 1. The van der Waals surface area contributed by atoms with Gasteiger partial charge in [-0.2, -0.15) is 0 Å². The van der Waals surface area contributed by atoms with Crippen LogP contribution in [0.1, 0.15) is 18.5 Å². The average molecular weight is 445 g/mol. The first-order chi connectivity index (χ1) is 14.3. The fourth-order valence-electron chi connectivity index (χ4n) is 3.53. The Kier molecular flexibility index (Phi) is 5.26. The monoisotopic (exact) mass is 444 g/mol. The number of carbonyl (C=O) groups excluding carboxylic acids is 1. The zero-order valence-electron chi connectivity index (χ0n) is 16.0. The Morgan fingerprint density at radius 2 is 1.77 bits per heavy atom. The number of benzene rings is 3. The van der Waals surface area contributed by atoms with Gasteiger partial charge in [0.2, 0.25) is 5.91 Å². The second-order valence-corrected chi connectivity index (χ2v) is 9.28. The third-order valence-electron chi connectivity index (χ3n) is 5.01. The first kappa shape index (κ1) is 20.4. The molecule has 1 N–H and O–H groups in total.